The second-order valence-corrected chi connectivity index (χ2v) is 2.34. The average molecular weight is 175 g/mol. The molecule has 0 aromatic rings. The van der Waals surface area contributed by atoms with Crippen LogP contribution in [0.5, 0.6) is 0 Å². The van der Waals surface area contributed by atoms with E-state index in [0.29, 0.717) is 0 Å². The Labute approximate surface area is 70.0 Å². The molecule has 0 unspecified atom stereocenters. The molecule has 0 aliphatic carbocycles. The van der Waals surface area contributed by atoms with Crippen LogP contribution in [0.3, 0.4) is 0 Å². The van der Waals surface area contributed by atoms with E-state index in [0.717, 1.165) is 0 Å². The Balaban J connectivity index is 3.94. The van der Waals surface area contributed by atoms with Gasteiger partial charge in [0.25, 0.3) is 0 Å². The normalized spacial score (nSPS) is 11.0. The van der Waals surface area contributed by atoms with Gasteiger partial charge in [-0.25, -0.2) is 0 Å². The summed E-state index contributed by atoms with van der Waals surface area (Å²) in [6.07, 6.45) is -0.489. The molecule has 6 heteroatoms. The van der Waals surface area contributed by atoms with E-state index in [1.807, 2.05) is 0 Å². The first-order valence-electron chi connectivity index (χ1n) is 3.43. The lowest BCUT2D eigenvalue weighted by Gasteiger charge is -2.15. The zero-order valence-electron chi connectivity index (χ0n) is 6.87. The largest absolute Gasteiger partial charge is 0.466 e. The third-order valence-corrected chi connectivity index (χ3v) is 1.09. The van der Waals surface area contributed by atoms with Gasteiger partial charge < -0.3 is 4.74 Å². The van der Waals surface area contributed by atoms with Gasteiger partial charge in [0, 0.05) is 0 Å². The van der Waals surface area contributed by atoms with Crippen LogP contribution >= 0.6 is 0 Å². The van der Waals surface area contributed by atoms with Crippen molar-refractivity contribution >= 4 is 11.8 Å². The minimum Gasteiger partial charge on any atom is -0.466 e. The molecule has 0 atom stereocenters. The van der Waals surface area contributed by atoms with Crippen molar-refractivity contribution in [2.24, 2.45) is 17.2 Å². The smallest absolute Gasteiger partial charge is 0.313 e. The maximum Gasteiger partial charge on any atom is 0.313 e. The Morgan fingerprint density at radius 3 is 2.17 bits per heavy atom. The first kappa shape index (κ1) is 11.0. The number of Topliss-reactive ketones (excluding diaryl/α,β-unsaturated/α-hetero) is 1. The van der Waals surface area contributed by atoms with Gasteiger partial charge in [-0.2, -0.15) is 0 Å². The van der Waals surface area contributed by atoms with Crippen molar-refractivity contribution in [1.29, 1.82) is 0 Å². The first-order valence-corrected chi connectivity index (χ1v) is 3.43. The summed E-state index contributed by atoms with van der Waals surface area (Å²) in [4.78, 5) is 21.6. The maximum absolute atomic E-state index is 10.9. The summed E-state index contributed by atoms with van der Waals surface area (Å²) in [5.41, 5.74) is 15.1. The molecule has 0 aromatic heterocycles. The molecular weight excluding hydrogens is 162 g/mol. The zero-order valence-corrected chi connectivity index (χ0v) is 6.87. The third kappa shape index (κ3) is 4.02. The van der Waals surface area contributed by atoms with Crippen molar-refractivity contribution in [2.45, 2.75) is 19.1 Å². The highest BCUT2D eigenvalue weighted by Gasteiger charge is 2.25. The summed E-state index contributed by atoms with van der Waals surface area (Å²) < 4.78 is 4.48. The maximum atomic E-state index is 10.9. The van der Waals surface area contributed by atoms with Gasteiger partial charge in [-0.1, -0.05) is 0 Å². The number of hydrogen-bond acceptors (Lipinski definition) is 6. The molecule has 0 saturated heterocycles. The van der Waals surface area contributed by atoms with E-state index in [2.05, 4.69) is 4.74 Å². The Kier molecular flexibility index (Phi) is 3.81. The monoisotopic (exact) mass is 175 g/mol. The van der Waals surface area contributed by atoms with Crippen molar-refractivity contribution in [1.82, 2.24) is 0 Å². The highest BCUT2D eigenvalue weighted by Crippen LogP contribution is 1.93. The minimum absolute atomic E-state index is 0.207. The minimum atomic E-state index is -1.95. The second-order valence-electron chi connectivity index (χ2n) is 2.34. The Bertz CT molecular complexity index is 185. The van der Waals surface area contributed by atoms with Crippen molar-refractivity contribution in [3.63, 3.8) is 0 Å². The van der Waals surface area contributed by atoms with Gasteiger partial charge in [0.1, 0.15) is 6.42 Å². The molecule has 0 heterocycles. The molecule has 0 aliphatic rings. The molecule has 6 N–H and O–H groups in total. The summed E-state index contributed by atoms with van der Waals surface area (Å²) in [7, 11) is 0. The molecule has 70 valence electrons. The lowest BCUT2D eigenvalue weighted by Crippen LogP contribution is -2.64. The van der Waals surface area contributed by atoms with Crippen LogP contribution in [-0.2, 0) is 14.3 Å². The van der Waals surface area contributed by atoms with Crippen molar-refractivity contribution in [2.75, 3.05) is 6.61 Å². The van der Waals surface area contributed by atoms with E-state index in [-0.39, 0.29) is 6.61 Å². The van der Waals surface area contributed by atoms with Gasteiger partial charge in [0.05, 0.1) is 6.61 Å². The molecule has 6 nitrogen and oxygen atoms in total. The lowest BCUT2D eigenvalue weighted by molar-refractivity contribution is -0.146. The van der Waals surface area contributed by atoms with Crippen LogP contribution in [0.1, 0.15) is 13.3 Å². The molecule has 0 saturated carbocycles. The highest BCUT2D eigenvalue weighted by molar-refractivity contribution is 5.99. The molecular formula is C6H13N3O3. The number of esters is 1. The van der Waals surface area contributed by atoms with Gasteiger partial charge in [-0.3, -0.25) is 26.8 Å². The molecule has 0 amide bonds. The van der Waals surface area contributed by atoms with Gasteiger partial charge in [0.15, 0.2) is 11.6 Å². The Morgan fingerprint density at radius 1 is 1.33 bits per heavy atom. The molecule has 0 aliphatic heterocycles. The van der Waals surface area contributed by atoms with E-state index in [4.69, 9.17) is 17.2 Å². The SMILES string of the molecule is CCOC(=O)CC(=O)C(N)(N)N. The first-order chi connectivity index (χ1) is 5.38. The van der Waals surface area contributed by atoms with Crippen LogP contribution < -0.4 is 17.2 Å². The fraction of sp³-hybridized carbons (Fsp3) is 0.667. The number of hydrogen-bond donors (Lipinski definition) is 3. The van der Waals surface area contributed by atoms with Gasteiger partial charge in [-0.05, 0) is 6.92 Å². The Hall–Kier alpha value is -0.980. The van der Waals surface area contributed by atoms with Crippen molar-refractivity contribution in [3.8, 4) is 0 Å². The van der Waals surface area contributed by atoms with Crippen LogP contribution in [0.2, 0.25) is 0 Å². The molecule has 0 bridgehead atoms. The van der Waals surface area contributed by atoms with Crippen LogP contribution in [0, 0.1) is 0 Å². The van der Waals surface area contributed by atoms with Crippen molar-refractivity contribution < 1.29 is 14.3 Å². The summed E-state index contributed by atoms with van der Waals surface area (Å²) in [5.74, 6) is -3.37. The predicted molar refractivity (Wildman–Crippen MR) is 41.6 cm³/mol. The quantitative estimate of drug-likeness (QED) is 0.259. The molecule has 0 spiro atoms. The standard InChI is InChI=1S/C6H13N3O3/c1-2-12-5(11)3-4(10)6(7,8)9/h2-3,7-9H2,1H3. The molecule has 0 fully saturated rings. The van der Waals surface area contributed by atoms with Crippen molar-refractivity contribution in [3.05, 3.63) is 0 Å². The van der Waals surface area contributed by atoms with Crippen LogP contribution in [-0.4, -0.2) is 24.1 Å². The zero-order chi connectivity index (χ0) is 9.78. The van der Waals surface area contributed by atoms with E-state index in [1.165, 1.54) is 0 Å². The van der Waals surface area contributed by atoms with E-state index >= 15 is 0 Å². The molecule has 0 radical (unpaired) electrons. The predicted octanol–water partition coefficient (Wildman–Crippen LogP) is -1.96. The van der Waals surface area contributed by atoms with E-state index in [9.17, 15) is 9.59 Å². The number of rotatable bonds is 4. The van der Waals surface area contributed by atoms with E-state index < -0.39 is 24.0 Å². The second kappa shape index (κ2) is 4.15. The van der Waals surface area contributed by atoms with E-state index in [1.54, 1.807) is 6.92 Å². The topological polar surface area (TPSA) is 121 Å². The van der Waals surface area contributed by atoms with Gasteiger partial charge in [0.2, 0.25) is 0 Å². The lowest BCUT2D eigenvalue weighted by atomic mass is 10.2. The van der Waals surface area contributed by atoms with Crippen LogP contribution in [0.4, 0.5) is 0 Å². The average Bonchev–Trinajstić information content (AvgIpc) is 1.85. The Morgan fingerprint density at radius 2 is 1.83 bits per heavy atom. The van der Waals surface area contributed by atoms with Crippen LogP contribution in [0.25, 0.3) is 0 Å². The summed E-state index contributed by atoms with van der Waals surface area (Å²) in [5, 5.41) is 0. The highest BCUT2D eigenvalue weighted by atomic mass is 16.5. The number of ketones is 1. The third-order valence-electron chi connectivity index (χ3n) is 1.09. The molecule has 0 rings (SSSR count). The fourth-order valence-corrected chi connectivity index (χ4v) is 0.496. The summed E-state index contributed by atoms with van der Waals surface area (Å²) in [6.45, 7) is 1.84. The summed E-state index contributed by atoms with van der Waals surface area (Å²) >= 11 is 0. The number of carbonyl (C=O) groups excluding carboxylic acids is 2. The van der Waals surface area contributed by atoms with Gasteiger partial charge >= 0.3 is 5.97 Å². The summed E-state index contributed by atoms with van der Waals surface area (Å²) in [6, 6.07) is 0. The number of nitrogens with two attached hydrogens (primary N) is 3. The number of ether oxygens (including phenoxy) is 1. The van der Waals surface area contributed by atoms with Crippen LogP contribution in [0.15, 0.2) is 0 Å². The van der Waals surface area contributed by atoms with Gasteiger partial charge in [-0.15, -0.1) is 0 Å². The molecule has 0 aromatic carbocycles. The molecule has 12 heavy (non-hydrogen) atoms. The number of carbonyl (C=O) groups is 2. The fourth-order valence-electron chi connectivity index (χ4n) is 0.496.